The summed E-state index contributed by atoms with van der Waals surface area (Å²) in [4.78, 5) is 24.4. The van der Waals surface area contributed by atoms with Gasteiger partial charge in [-0.15, -0.1) is 0 Å². The molecule has 0 bridgehead atoms. The van der Waals surface area contributed by atoms with Gasteiger partial charge in [0.15, 0.2) is 0 Å². The summed E-state index contributed by atoms with van der Waals surface area (Å²) in [5, 5.41) is 4.47. The lowest BCUT2D eigenvalue weighted by Crippen LogP contribution is -2.36. The maximum Gasteiger partial charge on any atom is 0.263 e. The van der Waals surface area contributed by atoms with Gasteiger partial charge in [-0.2, -0.15) is 0 Å². The molecular weight excluding hydrogens is 494 g/mol. The predicted octanol–water partition coefficient (Wildman–Crippen LogP) is 4.55. The first-order valence-electron chi connectivity index (χ1n) is 13.0. The van der Waals surface area contributed by atoms with E-state index in [4.69, 9.17) is 19.2 Å². The highest BCUT2D eigenvalue weighted by atomic mass is 16.5. The van der Waals surface area contributed by atoms with Crippen molar-refractivity contribution in [3.8, 4) is 22.9 Å². The number of methoxy groups -OCH3 is 2. The minimum Gasteiger partial charge on any atom is -0.497 e. The zero-order valence-electron chi connectivity index (χ0n) is 22.3. The number of para-hydroxylation sites is 1. The first-order chi connectivity index (χ1) is 19.1. The van der Waals surface area contributed by atoms with Gasteiger partial charge in [0.2, 0.25) is 0 Å². The topological polar surface area (TPSA) is 93.6 Å². The second-order valence-corrected chi connectivity index (χ2v) is 9.55. The number of pyridine rings is 1. The van der Waals surface area contributed by atoms with Crippen LogP contribution in [0, 0.1) is 0 Å². The number of morpholine rings is 1. The molecule has 9 nitrogen and oxygen atoms in total. The zero-order chi connectivity index (χ0) is 26.9. The van der Waals surface area contributed by atoms with Gasteiger partial charge < -0.3 is 34.0 Å². The van der Waals surface area contributed by atoms with Crippen molar-refractivity contribution in [1.29, 1.82) is 0 Å². The Bertz CT molecular complexity index is 1720. The molecular formula is C30H31N5O4. The van der Waals surface area contributed by atoms with Crippen molar-refractivity contribution >= 4 is 33.3 Å². The Balaban J connectivity index is 1.46. The van der Waals surface area contributed by atoms with Gasteiger partial charge in [0.05, 0.1) is 49.7 Å². The first kappa shape index (κ1) is 24.8. The van der Waals surface area contributed by atoms with Crippen LogP contribution in [-0.4, -0.2) is 55.1 Å². The van der Waals surface area contributed by atoms with Crippen molar-refractivity contribution < 1.29 is 14.2 Å². The molecule has 0 unspecified atom stereocenters. The Kier molecular flexibility index (Phi) is 6.58. The van der Waals surface area contributed by atoms with Gasteiger partial charge in [-0.3, -0.25) is 4.79 Å². The standard InChI is InChI=1S/C30H31N5O4/c1-34-25-7-5-4-6-22(25)28(31-18-19-8-10-21(37-2)17-26(19)38-3)27(30(34)36)29-32-23-11-9-20(16-24(23)33-29)35-12-14-39-15-13-35/h4-11,16-17,31H,12-15,18H2,1-3H3,(H,32,33). The average molecular weight is 526 g/mol. The normalized spacial score (nSPS) is 13.7. The lowest BCUT2D eigenvalue weighted by atomic mass is 10.1. The van der Waals surface area contributed by atoms with Crippen LogP contribution in [0.5, 0.6) is 11.5 Å². The number of aromatic nitrogens is 3. The predicted molar refractivity (Wildman–Crippen MR) is 154 cm³/mol. The van der Waals surface area contributed by atoms with E-state index in [9.17, 15) is 4.79 Å². The minimum absolute atomic E-state index is 0.134. The van der Waals surface area contributed by atoms with Crippen LogP contribution in [0.15, 0.2) is 65.5 Å². The van der Waals surface area contributed by atoms with E-state index in [1.807, 2.05) is 48.5 Å². The quantitative estimate of drug-likeness (QED) is 0.322. The van der Waals surface area contributed by atoms with Crippen LogP contribution in [0.2, 0.25) is 0 Å². The minimum atomic E-state index is -0.134. The van der Waals surface area contributed by atoms with E-state index in [0.717, 1.165) is 52.0 Å². The number of H-pyrrole nitrogens is 1. The molecule has 1 aliphatic rings. The number of hydrogen-bond donors (Lipinski definition) is 2. The van der Waals surface area contributed by atoms with Gasteiger partial charge >= 0.3 is 0 Å². The van der Waals surface area contributed by atoms with E-state index in [2.05, 4.69) is 27.3 Å². The summed E-state index contributed by atoms with van der Waals surface area (Å²) >= 11 is 0. The maximum atomic E-state index is 13.8. The van der Waals surface area contributed by atoms with Gasteiger partial charge in [-0.05, 0) is 36.4 Å². The number of fused-ring (bicyclic) bond motifs is 2. The zero-order valence-corrected chi connectivity index (χ0v) is 22.3. The molecule has 5 aromatic rings. The molecule has 2 N–H and O–H groups in total. The van der Waals surface area contributed by atoms with Crippen molar-refractivity contribution in [2.45, 2.75) is 6.54 Å². The van der Waals surface area contributed by atoms with Crippen LogP contribution in [0.25, 0.3) is 33.3 Å². The number of benzene rings is 3. The Morgan fingerprint density at radius 3 is 2.64 bits per heavy atom. The third kappa shape index (κ3) is 4.55. The van der Waals surface area contributed by atoms with E-state index in [1.54, 1.807) is 25.8 Å². The van der Waals surface area contributed by atoms with Crippen molar-refractivity contribution in [3.63, 3.8) is 0 Å². The molecule has 0 spiro atoms. The summed E-state index contributed by atoms with van der Waals surface area (Å²) in [5.74, 6) is 1.95. The van der Waals surface area contributed by atoms with Gasteiger partial charge in [0.1, 0.15) is 22.9 Å². The fourth-order valence-electron chi connectivity index (χ4n) is 5.22. The molecule has 200 valence electrons. The first-order valence-corrected chi connectivity index (χ1v) is 13.0. The van der Waals surface area contributed by atoms with Crippen molar-refractivity contribution in [3.05, 3.63) is 76.6 Å². The molecule has 0 amide bonds. The van der Waals surface area contributed by atoms with Gasteiger partial charge in [-0.25, -0.2) is 4.98 Å². The molecule has 3 heterocycles. The largest absolute Gasteiger partial charge is 0.497 e. The second-order valence-electron chi connectivity index (χ2n) is 9.55. The maximum absolute atomic E-state index is 13.8. The SMILES string of the molecule is COc1ccc(CNc2c(-c3nc4ccc(N5CCOCC5)cc4[nH]3)c(=O)n(C)c3ccccc23)c(OC)c1. The Labute approximate surface area is 225 Å². The van der Waals surface area contributed by atoms with Crippen LogP contribution < -0.4 is 25.2 Å². The number of aromatic amines is 1. The molecule has 39 heavy (non-hydrogen) atoms. The lowest BCUT2D eigenvalue weighted by Gasteiger charge is -2.28. The molecule has 0 atom stereocenters. The number of anilines is 2. The fraction of sp³-hybridized carbons (Fsp3) is 0.267. The van der Waals surface area contributed by atoms with E-state index >= 15 is 0 Å². The Hall–Kier alpha value is -4.50. The molecule has 0 saturated carbocycles. The van der Waals surface area contributed by atoms with E-state index < -0.39 is 0 Å². The second kappa shape index (κ2) is 10.3. The number of nitrogens with one attached hydrogen (secondary N) is 2. The summed E-state index contributed by atoms with van der Waals surface area (Å²) in [6.07, 6.45) is 0. The van der Waals surface area contributed by atoms with Crippen LogP contribution in [-0.2, 0) is 18.3 Å². The highest BCUT2D eigenvalue weighted by Gasteiger charge is 2.21. The van der Waals surface area contributed by atoms with Crippen LogP contribution >= 0.6 is 0 Å². The molecule has 0 aliphatic carbocycles. The Morgan fingerprint density at radius 2 is 1.85 bits per heavy atom. The highest BCUT2D eigenvalue weighted by molar-refractivity contribution is 5.99. The van der Waals surface area contributed by atoms with Gasteiger partial charge in [0, 0.05) is 49.4 Å². The molecule has 0 radical (unpaired) electrons. The molecule has 1 aliphatic heterocycles. The lowest BCUT2D eigenvalue weighted by molar-refractivity contribution is 0.122. The van der Waals surface area contributed by atoms with Gasteiger partial charge in [-0.1, -0.05) is 18.2 Å². The van der Waals surface area contributed by atoms with Crippen LogP contribution in [0.1, 0.15) is 5.56 Å². The fourth-order valence-corrected chi connectivity index (χ4v) is 5.22. The van der Waals surface area contributed by atoms with Gasteiger partial charge in [0.25, 0.3) is 5.56 Å². The molecule has 6 rings (SSSR count). The van der Waals surface area contributed by atoms with E-state index in [0.29, 0.717) is 42.6 Å². The number of hydrogen-bond acceptors (Lipinski definition) is 7. The third-order valence-corrected chi connectivity index (χ3v) is 7.33. The third-order valence-electron chi connectivity index (χ3n) is 7.33. The molecule has 1 fully saturated rings. The summed E-state index contributed by atoms with van der Waals surface area (Å²) in [5.41, 5.74) is 5.65. The smallest absolute Gasteiger partial charge is 0.263 e. The number of rotatable bonds is 7. The van der Waals surface area contributed by atoms with Crippen LogP contribution in [0.4, 0.5) is 11.4 Å². The molecule has 9 heteroatoms. The molecule has 3 aromatic carbocycles. The van der Waals surface area contributed by atoms with E-state index in [1.165, 1.54) is 0 Å². The molecule has 2 aromatic heterocycles. The summed E-state index contributed by atoms with van der Waals surface area (Å²) < 4.78 is 18.1. The number of ether oxygens (including phenoxy) is 3. The Morgan fingerprint density at radius 1 is 1.03 bits per heavy atom. The van der Waals surface area contributed by atoms with Crippen molar-refractivity contribution in [2.24, 2.45) is 7.05 Å². The van der Waals surface area contributed by atoms with Crippen LogP contribution in [0.3, 0.4) is 0 Å². The number of aryl methyl sites for hydroxylation is 1. The monoisotopic (exact) mass is 525 g/mol. The van der Waals surface area contributed by atoms with Crippen molar-refractivity contribution in [1.82, 2.24) is 14.5 Å². The number of nitrogens with zero attached hydrogens (tertiary/aromatic N) is 3. The number of imidazole rings is 1. The van der Waals surface area contributed by atoms with Crippen molar-refractivity contribution in [2.75, 3.05) is 50.7 Å². The highest BCUT2D eigenvalue weighted by Crippen LogP contribution is 2.34. The summed E-state index contributed by atoms with van der Waals surface area (Å²) in [6.45, 7) is 3.57. The molecule has 1 saturated heterocycles. The average Bonchev–Trinajstić information content (AvgIpc) is 3.41. The summed E-state index contributed by atoms with van der Waals surface area (Å²) in [7, 11) is 5.06. The van der Waals surface area contributed by atoms with E-state index in [-0.39, 0.29) is 5.56 Å². The summed E-state index contributed by atoms with van der Waals surface area (Å²) in [6, 6.07) is 19.8.